The van der Waals surface area contributed by atoms with Crippen molar-refractivity contribution in [2.45, 2.75) is 10.1 Å². The van der Waals surface area contributed by atoms with E-state index >= 15 is 0 Å². The molecule has 1 aromatic heterocycles. The van der Waals surface area contributed by atoms with Crippen LogP contribution >= 0.6 is 11.8 Å². The molecule has 0 aliphatic carbocycles. The molecule has 0 fully saturated rings. The van der Waals surface area contributed by atoms with Gasteiger partial charge in [-0.3, -0.25) is 14.9 Å². The van der Waals surface area contributed by atoms with E-state index in [1.165, 1.54) is 37.7 Å². The molecule has 13 heteroatoms. The minimum Gasteiger partial charge on any atom is -0.465 e. The van der Waals surface area contributed by atoms with E-state index in [1.54, 1.807) is 23.7 Å². The summed E-state index contributed by atoms with van der Waals surface area (Å²) in [6.45, 7) is -0.669. The second-order valence-corrected chi connectivity index (χ2v) is 7.44. The zero-order valence-electron chi connectivity index (χ0n) is 17.4. The Bertz CT molecular complexity index is 1230. The molecular formula is C20H17N5O7S. The van der Waals surface area contributed by atoms with Crippen LogP contribution < -0.4 is 5.32 Å². The van der Waals surface area contributed by atoms with Crippen molar-refractivity contribution in [2.24, 2.45) is 7.05 Å². The molecule has 0 spiro atoms. The van der Waals surface area contributed by atoms with Gasteiger partial charge < -0.3 is 19.4 Å². The molecule has 2 aromatic carbocycles. The number of nitrogens with zero attached hydrogens (tertiary/aromatic N) is 4. The number of anilines is 1. The number of para-hydroxylation sites is 1. The second kappa shape index (κ2) is 10.4. The number of aromatic nitrogens is 3. The molecule has 170 valence electrons. The summed E-state index contributed by atoms with van der Waals surface area (Å²) >= 11 is 1.01. The lowest BCUT2D eigenvalue weighted by Gasteiger charge is -2.10. The number of rotatable bonds is 8. The first-order chi connectivity index (χ1) is 15.8. The zero-order chi connectivity index (χ0) is 24.0. The number of aryl methyl sites for hydroxylation is 1. The number of carbonyl (C=O) groups excluding carboxylic acids is 3. The molecule has 12 nitrogen and oxygen atoms in total. The Balaban J connectivity index is 1.67. The predicted molar refractivity (Wildman–Crippen MR) is 115 cm³/mol. The van der Waals surface area contributed by atoms with Crippen LogP contribution in [0.15, 0.2) is 58.8 Å². The first kappa shape index (κ1) is 23.4. The fraction of sp³-hybridized carbons (Fsp3) is 0.150. The van der Waals surface area contributed by atoms with E-state index in [9.17, 15) is 24.5 Å². The lowest BCUT2D eigenvalue weighted by atomic mass is 10.2. The molecule has 0 bridgehead atoms. The number of nitro benzene ring substituents is 1. The van der Waals surface area contributed by atoms with Gasteiger partial charge in [-0.1, -0.05) is 12.1 Å². The summed E-state index contributed by atoms with van der Waals surface area (Å²) in [4.78, 5) is 47.4. The number of amides is 1. The van der Waals surface area contributed by atoms with E-state index in [4.69, 9.17) is 4.74 Å². The summed E-state index contributed by atoms with van der Waals surface area (Å²) in [5.74, 6) is -2.28. The Morgan fingerprint density at radius 1 is 1.18 bits per heavy atom. The second-order valence-electron chi connectivity index (χ2n) is 6.43. The minimum absolute atomic E-state index is 0.105. The summed E-state index contributed by atoms with van der Waals surface area (Å²) in [5, 5.41) is 21.9. The molecule has 1 heterocycles. The molecular weight excluding hydrogens is 454 g/mol. The first-order valence-electron chi connectivity index (χ1n) is 9.24. The van der Waals surface area contributed by atoms with Gasteiger partial charge in [0.2, 0.25) is 0 Å². The monoisotopic (exact) mass is 471 g/mol. The maximum absolute atomic E-state index is 12.3. The van der Waals surface area contributed by atoms with Crippen molar-refractivity contribution in [1.29, 1.82) is 0 Å². The maximum Gasteiger partial charge on any atom is 0.339 e. The van der Waals surface area contributed by atoms with Crippen molar-refractivity contribution in [3.05, 3.63) is 70.0 Å². The summed E-state index contributed by atoms with van der Waals surface area (Å²) in [6, 6.07) is 9.95. The van der Waals surface area contributed by atoms with Gasteiger partial charge >= 0.3 is 11.9 Å². The number of hydrogen-bond acceptors (Lipinski definition) is 10. The third kappa shape index (κ3) is 5.71. The highest BCUT2D eigenvalue weighted by Gasteiger charge is 2.21. The van der Waals surface area contributed by atoms with E-state index in [2.05, 4.69) is 20.3 Å². The number of nitro groups is 1. The van der Waals surface area contributed by atoms with E-state index < -0.39 is 29.4 Å². The molecule has 0 aliphatic rings. The minimum atomic E-state index is -0.926. The summed E-state index contributed by atoms with van der Waals surface area (Å²) in [7, 11) is 2.90. The number of hydrogen-bond donors (Lipinski definition) is 1. The van der Waals surface area contributed by atoms with E-state index in [0.29, 0.717) is 5.16 Å². The van der Waals surface area contributed by atoms with Crippen LogP contribution in [0.2, 0.25) is 0 Å². The smallest absolute Gasteiger partial charge is 0.339 e. The third-order valence-corrected chi connectivity index (χ3v) is 5.32. The number of ether oxygens (including phenoxy) is 2. The molecule has 0 atom stereocenters. The Morgan fingerprint density at radius 3 is 2.61 bits per heavy atom. The van der Waals surface area contributed by atoms with Gasteiger partial charge in [0.15, 0.2) is 11.8 Å². The van der Waals surface area contributed by atoms with Gasteiger partial charge in [0.05, 0.1) is 33.7 Å². The standard InChI is InChI=1S/C20H17N5O7S/c1-24-11-21-23-20(24)33-16-8-7-12(9-15(16)25(29)30)18(27)32-10-17(26)22-14-6-4-3-5-13(14)19(28)31-2/h3-9,11H,10H2,1-2H3,(H,22,26). The van der Waals surface area contributed by atoms with Crippen LogP contribution in [0.1, 0.15) is 20.7 Å². The summed E-state index contributed by atoms with van der Waals surface area (Å²) < 4.78 is 11.2. The summed E-state index contributed by atoms with van der Waals surface area (Å²) in [6.07, 6.45) is 1.45. The Hall–Kier alpha value is -4.26. The van der Waals surface area contributed by atoms with E-state index in [1.807, 2.05) is 0 Å². The van der Waals surface area contributed by atoms with Crippen molar-refractivity contribution in [3.8, 4) is 0 Å². The average molecular weight is 471 g/mol. The Morgan fingerprint density at radius 2 is 1.94 bits per heavy atom. The molecule has 1 amide bonds. The van der Waals surface area contributed by atoms with Crippen molar-refractivity contribution >= 4 is 41.0 Å². The fourth-order valence-corrected chi connectivity index (χ4v) is 3.47. The molecule has 0 unspecified atom stereocenters. The van der Waals surface area contributed by atoms with Crippen molar-refractivity contribution in [3.63, 3.8) is 0 Å². The first-order valence-corrected chi connectivity index (χ1v) is 10.1. The molecule has 33 heavy (non-hydrogen) atoms. The molecule has 0 saturated carbocycles. The SMILES string of the molecule is COC(=O)c1ccccc1NC(=O)COC(=O)c1ccc(Sc2nncn2C)c([N+](=O)[O-])c1. The lowest BCUT2D eigenvalue weighted by molar-refractivity contribution is -0.387. The quantitative estimate of drug-likeness (QED) is 0.294. The van der Waals surface area contributed by atoms with Crippen molar-refractivity contribution in [1.82, 2.24) is 14.8 Å². The van der Waals surface area contributed by atoms with Crippen LogP contribution in [0.25, 0.3) is 0 Å². The highest BCUT2D eigenvalue weighted by molar-refractivity contribution is 7.99. The van der Waals surface area contributed by atoms with Crippen molar-refractivity contribution in [2.75, 3.05) is 19.0 Å². The Kier molecular flexibility index (Phi) is 7.35. The number of carbonyl (C=O) groups is 3. The number of esters is 2. The van der Waals surface area contributed by atoms with Crippen LogP contribution in [-0.4, -0.2) is 51.3 Å². The van der Waals surface area contributed by atoms with Crippen LogP contribution in [0.3, 0.4) is 0 Å². The zero-order valence-corrected chi connectivity index (χ0v) is 18.2. The molecule has 3 aromatic rings. The van der Waals surface area contributed by atoms with Gasteiger partial charge in [0.25, 0.3) is 11.6 Å². The van der Waals surface area contributed by atoms with Gasteiger partial charge in [-0.15, -0.1) is 10.2 Å². The van der Waals surface area contributed by atoms with Crippen LogP contribution in [0.4, 0.5) is 11.4 Å². The van der Waals surface area contributed by atoms with Gasteiger partial charge in [-0.25, -0.2) is 9.59 Å². The molecule has 0 saturated heterocycles. The molecule has 1 N–H and O–H groups in total. The van der Waals surface area contributed by atoms with E-state index in [-0.39, 0.29) is 27.4 Å². The third-order valence-electron chi connectivity index (χ3n) is 4.20. The van der Waals surface area contributed by atoms with E-state index in [0.717, 1.165) is 17.8 Å². The van der Waals surface area contributed by atoms with Gasteiger partial charge in [0.1, 0.15) is 6.33 Å². The fourth-order valence-electron chi connectivity index (χ4n) is 2.62. The molecule has 0 aliphatic heterocycles. The predicted octanol–water partition coefficient (Wildman–Crippen LogP) is 2.46. The maximum atomic E-state index is 12.3. The highest BCUT2D eigenvalue weighted by atomic mass is 32.2. The van der Waals surface area contributed by atoms with Gasteiger partial charge in [-0.2, -0.15) is 0 Å². The Labute approximate surface area is 191 Å². The van der Waals surface area contributed by atoms with Gasteiger partial charge in [0, 0.05) is 13.1 Å². The summed E-state index contributed by atoms with van der Waals surface area (Å²) in [5.41, 5.74) is -0.113. The average Bonchev–Trinajstić information content (AvgIpc) is 3.21. The van der Waals surface area contributed by atoms with Gasteiger partial charge in [-0.05, 0) is 36.0 Å². The number of nitrogens with one attached hydrogen (secondary N) is 1. The van der Waals surface area contributed by atoms with Crippen molar-refractivity contribution < 1.29 is 28.8 Å². The number of benzene rings is 2. The van der Waals surface area contributed by atoms with Crippen LogP contribution in [0.5, 0.6) is 0 Å². The largest absolute Gasteiger partial charge is 0.465 e. The van der Waals surface area contributed by atoms with Crippen LogP contribution in [0, 0.1) is 10.1 Å². The molecule has 0 radical (unpaired) electrons. The normalized spacial score (nSPS) is 10.4. The topological polar surface area (TPSA) is 156 Å². The highest BCUT2D eigenvalue weighted by Crippen LogP contribution is 2.34. The number of methoxy groups -OCH3 is 1. The lowest BCUT2D eigenvalue weighted by Crippen LogP contribution is -2.22. The molecule has 3 rings (SSSR count). The van der Waals surface area contributed by atoms with Crippen LogP contribution in [-0.2, 0) is 21.3 Å².